The van der Waals surface area contributed by atoms with Crippen molar-refractivity contribution in [3.8, 4) is 0 Å². The van der Waals surface area contributed by atoms with E-state index in [2.05, 4.69) is 13.8 Å². The number of amides is 1. The van der Waals surface area contributed by atoms with Crippen molar-refractivity contribution in [2.75, 3.05) is 66.4 Å². The smallest absolute Gasteiger partial charge is 0.222 e. The van der Waals surface area contributed by atoms with Crippen LogP contribution >= 0.6 is 0 Å². The highest BCUT2D eigenvalue weighted by molar-refractivity contribution is 5.75. The lowest BCUT2D eigenvalue weighted by Crippen LogP contribution is -2.29. The maximum atomic E-state index is 11.3. The molecule has 0 radical (unpaired) electrons. The summed E-state index contributed by atoms with van der Waals surface area (Å²) in [6.45, 7) is 11.7. The molecule has 0 N–H and O–H groups in total. The molecule has 6 nitrogen and oxygen atoms in total. The predicted molar refractivity (Wildman–Crippen MR) is 95.3 cm³/mol. The van der Waals surface area contributed by atoms with Crippen LogP contribution < -0.4 is 0 Å². The van der Waals surface area contributed by atoms with E-state index < -0.39 is 0 Å². The van der Waals surface area contributed by atoms with Crippen molar-refractivity contribution in [2.45, 2.75) is 40.0 Å². The highest BCUT2D eigenvalue weighted by Crippen LogP contribution is 2.02. The third-order valence-corrected chi connectivity index (χ3v) is 3.49. The maximum absolute atomic E-state index is 11.3. The highest BCUT2D eigenvalue weighted by Gasteiger charge is 2.04. The molecule has 0 saturated heterocycles. The van der Waals surface area contributed by atoms with Crippen molar-refractivity contribution in [2.24, 2.45) is 5.92 Å². The molecular formula is C18H37NO5. The van der Waals surface area contributed by atoms with Crippen molar-refractivity contribution in [3.05, 3.63) is 0 Å². The molecular weight excluding hydrogens is 310 g/mol. The summed E-state index contributed by atoms with van der Waals surface area (Å²) in [6.07, 6.45) is 2.85. The minimum absolute atomic E-state index is 0.135. The molecule has 6 heteroatoms. The summed E-state index contributed by atoms with van der Waals surface area (Å²) in [5, 5.41) is 0. The minimum Gasteiger partial charge on any atom is -0.379 e. The second-order valence-corrected chi connectivity index (χ2v) is 6.15. The number of rotatable bonds is 17. The van der Waals surface area contributed by atoms with Gasteiger partial charge in [0.15, 0.2) is 0 Å². The summed E-state index contributed by atoms with van der Waals surface area (Å²) in [4.78, 5) is 13.0. The average molecular weight is 347 g/mol. The number of hydrogen-bond acceptors (Lipinski definition) is 5. The van der Waals surface area contributed by atoms with Crippen LogP contribution in [0.3, 0.4) is 0 Å². The quantitative estimate of drug-likeness (QED) is 0.378. The third kappa shape index (κ3) is 16.2. The van der Waals surface area contributed by atoms with Gasteiger partial charge in [-0.1, -0.05) is 20.8 Å². The molecule has 0 aromatic carbocycles. The Morgan fingerprint density at radius 3 is 1.75 bits per heavy atom. The number of hydrogen-bond donors (Lipinski definition) is 0. The first-order valence-electron chi connectivity index (χ1n) is 9.12. The van der Waals surface area contributed by atoms with Crippen molar-refractivity contribution < 1.29 is 23.7 Å². The van der Waals surface area contributed by atoms with E-state index in [4.69, 9.17) is 18.9 Å². The van der Waals surface area contributed by atoms with Gasteiger partial charge in [0.1, 0.15) is 0 Å². The molecule has 0 aliphatic carbocycles. The van der Waals surface area contributed by atoms with Gasteiger partial charge in [0.2, 0.25) is 5.91 Å². The molecule has 0 aliphatic rings. The zero-order chi connectivity index (χ0) is 18.0. The Hall–Kier alpha value is -0.690. The van der Waals surface area contributed by atoms with Gasteiger partial charge >= 0.3 is 0 Å². The van der Waals surface area contributed by atoms with Crippen LogP contribution in [0.25, 0.3) is 0 Å². The largest absolute Gasteiger partial charge is 0.379 e. The topological polar surface area (TPSA) is 57.2 Å². The number of ether oxygens (including phenoxy) is 4. The van der Waals surface area contributed by atoms with Crippen LogP contribution in [0.2, 0.25) is 0 Å². The van der Waals surface area contributed by atoms with E-state index in [0.717, 1.165) is 18.9 Å². The molecule has 0 aromatic heterocycles. The van der Waals surface area contributed by atoms with Crippen LogP contribution in [0.4, 0.5) is 0 Å². The van der Waals surface area contributed by atoms with E-state index in [-0.39, 0.29) is 5.91 Å². The summed E-state index contributed by atoms with van der Waals surface area (Å²) >= 11 is 0. The van der Waals surface area contributed by atoms with E-state index in [9.17, 15) is 4.79 Å². The van der Waals surface area contributed by atoms with Crippen molar-refractivity contribution in [3.63, 3.8) is 0 Å². The summed E-state index contributed by atoms with van der Waals surface area (Å²) in [5.41, 5.74) is 0. The standard InChI is InChI=1S/C18H37NO5/c1-5-18(20)19(4)8-10-22-12-14-24-16-15-23-13-11-21-9-6-7-17(2)3/h17H,5-16H2,1-4H3. The number of carbonyl (C=O) groups is 1. The molecule has 1 amide bonds. The molecule has 0 fully saturated rings. The first kappa shape index (κ1) is 23.3. The van der Waals surface area contributed by atoms with Crippen LogP contribution in [0, 0.1) is 5.92 Å². The fourth-order valence-electron chi connectivity index (χ4n) is 1.95. The van der Waals surface area contributed by atoms with Gasteiger partial charge in [0.05, 0.1) is 46.2 Å². The molecule has 0 spiro atoms. The van der Waals surface area contributed by atoms with E-state index in [1.165, 1.54) is 6.42 Å². The Labute approximate surface area is 147 Å². The van der Waals surface area contributed by atoms with Gasteiger partial charge in [-0.3, -0.25) is 4.79 Å². The average Bonchev–Trinajstić information content (AvgIpc) is 2.57. The minimum atomic E-state index is 0.135. The first-order chi connectivity index (χ1) is 11.6. The Kier molecular flexibility index (Phi) is 16.7. The monoisotopic (exact) mass is 347 g/mol. The van der Waals surface area contributed by atoms with Gasteiger partial charge < -0.3 is 23.8 Å². The highest BCUT2D eigenvalue weighted by atomic mass is 16.6. The predicted octanol–water partition coefficient (Wildman–Crippen LogP) is 2.36. The molecule has 0 saturated carbocycles. The lowest BCUT2D eigenvalue weighted by Gasteiger charge is -2.16. The van der Waals surface area contributed by atoms with Crippen LogP contribution in [0.5, 0.6) is 0 Å². The summed E-state index contributed by atoms with van der Waals surface area (Å²) in [7, 11) is 1.79. The van der Waals surface area contributed by atoms with E-state index in [1.54, 1.807) is 11.9 Å². The van der Waals surface area contributed by atoms with Gasteiger partial charge in [0.25, 0.3) is 0 Å². The van der Waals surface area contributed by atoms with E-state index in [0.29, 0.717) is 59.2 Å². The van der Waals surface area contributed by atoms with Crippen LogP contribution in [0.1, 0.15) is 40.0 Å². The Morgan fingerprint density at radius 2 is 1.29 bits per heavy atom. The van der Waals surface area contributed by atoms with Gasteiger partial charge in [-0.05, 0) is 18.8 Å². The zero-order valence-corrected chi connectivity index (χ0v) is 16.1. The molecule has 0 aliphatic heterocycles. The van der Waals surface area contributed by atoms with Crippen LogP contribution in [-0.2, 0) is 23.7 Å². The lowest BCUT2D eigenvalue weighted by molar-refractivity contribution is -0.130. The van der Waals surface area contributed by atoms with Gasteiger partial charge in [-0.25, -0.2) is 0 Å². The molecule has 0 atom stereocenters. The second kappa shape index (κ2) is 17.1. The normalized spacial score (nSPS) is 11.2. The van der Waals surface area contributed by atoms with Gasteiger partial charge in [0, 0.05) is 26.6 Å². The van der Waals surface area contributed by atoms with Crippen LogP contribution in [-0.4, -0.2) is 77.3 Å². The number of nitrogens with zero attached hydrogens (tertiary/aromatic N) is 1. The zero-order valence-electron chi connectivity index (χ0n) is 16.1. The molecule has 0 bridgehead atoms. The fraction of sp³-hybridized carbons (Fsp3) is 0.944. The third-order valence-electron chi connectivity index (χ3n) is 3.49. The van der Waals surface area contributed by atoms with E-state index >= 15 is 0 Å². The Morgan fingerprint density at radius 1 is 0.833 bits per heavy atom. The van der Waals surface area contributed by atoms with Crippen LogP contribution in [0.15, 0.2) is 0 Å². The van der Waals surface area contributed by atoms with Crippen molar-refractivity contribution in [1.29, 1.82) is 0 Å². The maximum Gasteiger partial charge on any atom is 0.222 e. The summed E-state index contributed by atoms with van der Waals surface area (Å²) in [5.74, 6) is 0.876. The SMILES string of the molecule is CCC(=O)N(C)CCOCCOCCOCCOCCCC(C)C. The molecule has 0 aromatic rings. The van der Waals surface area contributed by atoms with Gasteiger partial charge in [-0.15, -0.1) is 0 Å². The fourth-order valence-corrected chi connectivity index (χ4v) is 1.95. The van der Waals surface area contributed by atoms with E-state index in [1.807, 2.05) is 6.92 Å². The number of likely N-dealkylation sites (N-methyl/N-ethyl adjacent to an activating group) is 1. The molecule has 0 rings (SSSR count). The number of carbonyl (C=O) groups excluding carboxylic acids is 1. The van der Waals surface area contributed by atoms with Crippen molar-refractivity contribution in [1.82, 2.24) is 4.90 Å². The molecule has 144 valence electrons. The molecule has 0 unspecified atom stereocenters. The molecule has 0 heterocycles. The lowest BCUT2D eigenvalue weighted by atomic mass is 10.1. The second-order valence-electron chi connectivity index (χ2n) is 6.15. The van der Waals surface area contributed by atoms with Gasteiger partial charge in [-0.2, -0.15) is 0 Å². The summed E-state index contributed by atoms with van der Waals surface area (Å²) in [6, 6.07) is 0. The first-order valence-corrected chi connectivity index (χ1v) is 9.12. The Bertz CT molecular complexity index is 287. The molecule has 24 heavy (non-hydrogen) atoms. The van der Waals surface area contributed by atoms with Crippen molar-refractivity contribution >= 4 is 5.91 Å². The summed E-state index contributed by atoms with van der Waals surface area (Å²) < 4.78 is 21.7. The Balaban J connectivity index is 3.11.